The summed E-state index contributed by atoms with van der Waals surface area (Å²) >= 11 is 1.75. The average molecular weight is 226 g/mol. The van der Waals surface area contributed by atoms with Gasteiger partial charge in [-0.3, -0.25) is 4.98 Å². The Bertz CT molecular complexity index is 567. The van der Waals surface area contributed by atoms with Gasteiger partial charge in [0.15, 0.2) is 0 Å². The Morgan fingerprint density at radius 2 is 1.88 bits per heavy atom. The Balaban J connectivity index is 2.00. The van der Waals surface area contributed by atoms with Gasteiger partial charge in [0.05, 0.1) is 21.1 Å². The van der Waals surface area contributed by atoms with Crippen LogP contribution in [0, 0.1) is 0 Å². The summed E-state index contributed by atoms with van der Waals surface area (Å²) in [6.45, 7) is 0. The summed E-state index contributed by atoms with van der Waals surface area (Å²) in [7, 11) is 0. The first kappa shape index (κ1) is 9.36. The highest BCUT2D eigenvalue weighted by molar-refractivity contribution is 7.18. The Morgan fingerprint density at radius 1 is 0.938 bits per heavy atom. The molecule has 3 aromatic heterocycles. The first-order valence-electron chi connectivity index (χ1n) is 5.08. The van der Waals surface area contributed by atoms with Crippen molar-refractivity contribution in [2.75, 3.05) is 0 Å². The molecule has 16 heavy (non-hydrogen) atoms. The maximum Gasteiger partial charge on any atom is 0.0801 e. The van der Waals surface area contributed by atoms with Crippen molar-refractivity contribution in [1.82, 2.24) is 9.97 Å². The molecule has 0 saturated carbocycles. The number of nitrogens with zero attached hydrogens (tertiary/aromatic N) is 1. The van der Waals surface area contributed by atoms with Gasteiger partial charge in [-0.15, -0.1) is 11.3 Å². The molecule has 78 valence electrons. The first-order valence-corrected chi connectivity index (χ1v) is 5.90. The Kier molecular flexibility index (Phi) is 2.31. The zero-order chi connectivity index (χ0) is 10.8. The van der Waals surface area contributed by atoms with Crippen LogP contribution in [0.3, 0.4) is 0 Å². The molecule has 3 aromatic rings. The molecule has 0 aliphatic rings. The molecule has 0 aromatic carbocycles. The van der Waals surface area contributed by atoms with Gasteiger partial charge < -0.3 is 4.98 Å². The summed E-state index contributed by atoms with van der Waals surface area (Å²) in [6, 6.07) is 14.3. The number of aromatic nitrogens is 2. The summed E-state index contributed by atoms with van der Waals surface area (Å²) in [5.74, 6) is 0. The number of hydrogen-bond donors (Lipinski definition) is 1. The maximum atomic E-state index is 4.34. The van der Waals surface area contributed by atoms with Crippen molar-refractivity contribution in [1.29, 1.82) is 0 Å². The van der Waals surface area contributed by atoms with E-state index in [-0.39, 0.29) is 0 Å². The van der Waals surface area contributed by atoms with Crippen LogP contribution in [0.5, 0.6) is 0 Å². The van der Waals surface area contributed by atoms with Crippen LogP contribution in [0.1, 0.15) is 0 Å². The highest BCUT2D eigenvalue weighted by Gasteiger charge is 2.05. The van der Waals surface area contributed by atoms with Crippen molar-refractivity contribution in [3.8, 4) is 21.1 Å². The number of hydrogen-bond acceptors (Lipinski definition) is 2. The third-order valence-corrected chi connectivity index (χ3v) is 3.53. The van der Waals surface area contributed by atoms with E-state index in [9.17, 15) is 0 Å². The second-order valence-corrected chi connectivity index (χ2v) is 4.55. The van der Waals surface area contributed by atoms with Crippen LogP contribution in [-0.2, 0) is 0 Å². The molecular formula is C13H10N2S. The lowest BCUT2D eigenvalue weighted by Gasteiger charge is -1.94. The number of H-pyrrole nitrogens is 1. The topological polar surface area (TPSA) is 28.7 Å². The van der Waals surface area contributed by atoms with Crippen LogP contribution in [-0.4, -0.2) is 9.97 Å². The third-order valence-electron chi connectivity index (χ3n) is 2.39. The van der Waals surface area contributed by atoms with Gasteiger partial charge in [0.2, 0.25) is 0 Å². The molecule has 3 heteroatoms. The minimum Gasteiger partial charge on any atom is -0.361 e. The van der Waals surface area contributed by atoms with Gasteiger partial charge in [-0.1, -0.05) is 6.07 Å². The van der Waals surface area contributed by atoms with Gasteiger partial charge in [-0.2, -0.15) is 0 Å². The van der Waals surface area contributed by atoms with E-state index in [4.69, 9.17) is 0 Å². The quantitative estimate of drug-likeness (QED) is 0.707. The predicted molar refractivity (Wildman–Crippen MR) is 67.3 cm³/mol. The normalized spacial score (nSPS) is 10.5. The number of rotatable bonds is 2. The van der Waals surface area contributed by atoms with E-state index in [1.807, 2.05) is 36.7 Å². The molecule has 1 N–H and O–H groups in total. The lowest BCUT2D eigenvalue weighted by molar-refractivity contribution is 1.34. The zero-order valence-corrected chi connectivity index (χ0v) is 9.37. The molecule has 2 nitrogen and oxygen atoms in total. The van der Waals surface area contributed by atoms with E-state index >= 15 is 0 Å². The molecule has 0 aliphatic heterocycles. The summed E-state index contributed by atoms with van der Waals surface area (Å²) in [5, 5.41) is 0. The van der Waals surface area contributed by atoms with Gasteiger partial charge in [0.25, 0.3) is 0 Å². The van der Waals surface area contributed by atoms with E-state index in [1.165, 1.54) is 9.75 Å². The SMILES string of the molecule is c1ccc(-c2ccc(-c3ccc[nH]3)s2)nc1. The molecule has 3 heterocycles. The summed E-state index contributed by atoms with van der Waals surface area (Å²) < 4.78 is 0. The van der Waals surface area contributed by atoms with Crippen molar-refractivity contribution >= 4 is 11.3 Å². The summed E-state index contributed by atoms with van der Waals surface area (Å²) in [5.41, 5.74) is 2.19. The van der Waals surface area contributed by atoms with Crippen LogP contribution in [0.15, 0.2) is 54.9 Å². The van der Waals surface area contributed by atoms with Crippen LogP contribution >= 0.6 is 11.3 Å². The fraction of sp³-hybridized carbons (Fsp3) is 0. The minimum atomic E-state index is 1.03. The monoisotopic (exact) mass is 226 g/mol. The van der Waals surface area contributed by atoms with Gasteiger partial charge in [-0.05, 0) is 36.4 Å². The van der Waals surface area contributed by atoms with Crippen molar-refractivity contribution < 1.29 is 0 Å². The van der Waals surface area contributed by atoms with E-state index in [0.29, 0.717) is 0 Å². The van der Waals surface area contributed by atoms with Crippen molar-refractivity contribution in [3.05, 3.63) is 54.9 Å². The van der Waals surface area contributed by atoms with Crippen LogP contribution in [0.2, 0.25) is 0 Å². The Morgan fingerprint density at radius 3 is 2.62 bits per heavy atom. The van der Waals surface area contributed by atoms with Gasteiger partial charge in [0, 0.05) is 12.4 Å². The number of nitrogens with one attached hydrogen (secondary N) is 1. The van der Waals surface area contributed by atoms with Crippen molar-refractivity contribution in [2.24, 2.45) is 0 Å². The first-order chi connectivity index (χ1) is 7.93. The molecule has 3 rings (SSSR count). The smallest absolute Gasteiger partial charge is 0.0801 e. The van der Waals surface area contributed by atoms with Crippen molar-refractivity contribution in [3.63, 3.8) is 0 Å². The number of aromatic amines is 1. The fourth-order valence-corrected chi connectivity index (χ4v) is 2.58. The molecule has 0 fully saturated rings. The second-order valence-electron chi connectivity index (χ2n) is 3.46. The van der Waals surface area contributed by atoms with E-state index in [1.54, 1.807) is 11.3 Å². The Labute approximate surface area is 97.6 Å². The molecule has 0 radical (unpaired) electrons. The van der Waals surface area contributed by atoms with Gasteiger partial charge in [-0.25, -0.2) is 0 Å². The predicted octanol–water partition coefficient (Wildman–Crippen LogP) is 3.81. The average Bonchev–Trinajstić information content (AvgIpc) is 3.01. The standard InChI is InChI=1S/C13H10N2S/c1-2-8-14-10(4-1)12-6-7-13(16-12)11-5-3-9-15-11/h1-9,15H. The van der Waals surface area contributed by atoms with Gasteiger partial charge >= 0.3 is 0 Å². The van der Waals surface area contributed by atoms with E-state index in [2.05, 4.69) is 28.2 Å². The molecule has 0 saturated heterocycles. The number of thiophene rings is 1. The lowest BCUT2D eigenvalue weighted by Crippen LogP contribution is -1.75. The molecule has 0 bridgehead atoms. The summed E-state index contributed by atoms with van der Waals surface area (Å²) in [6.07, 6.45) is 3.76. The van der Waals surface area contributed by atoms with Crippen LogP contribution < -0.4 is 0 Å². The lowest BCUT2D eigenvalue weighted by atomic mass is 10.3. The van der Waals surface area contributed by atoms with Gasteiger partial charge in [0.1, 0.15) is 0 Å². The molecule has 0 unspecified atom stereocenters. The zero-order valence-electron chi connectivity index (χ0n) is 8.55. The molecule has 0 spiro atoms. The fourth-order valence-electron chi connectivity index (χ4n) is 1.61. The van der Waals surface area contributed by atoms with Crippen LogP contribution in [0.25, 0.3) is 21.1 Å². The number of pyridine rings is 1. The van der Waals surface area contributed by atoms with Crippen molar-refractivity contribution in [2.45, 2.75) is 0 Å². The highest BCUT2D eigenvalue weighted by atomic mass is 32.1. The van der Waals surface area contributed by atoms with E-state index in [0.717, 1.165) is 11.4 Å². The highest BCUT2D eigenvalue weighted by Crippen LogP contribution is 2.32. The molecule has 0 aliphatic carbocycles. The molecule has 0 atom stereocenters. The summed E-state index contributed by atoms with van der Waals surface area (Å²) in [4.78, 5) is 9.99. The minimum absolute atomic E-state index is 1.03. The van der Waals surface area contributed by atoms with Crippen LogP contribution in [0.4, 0.5) is 0 Å². The molecule has 0 amide bonds. The Hall–Kier alpha value is -1.87. The third kappa shape index (κ3) is 1.66. The largest absolute Gasteiger partial charge is 0.361 e. The van der Waals surface area contributed by atoms with E-state index < -0.39 is 0 Å². The molecular weight excluding hydrogens is 216 g/mol. The maximum absolute atomic E-state index is 4.34. The second kappa shape index (κ2) is 3.94.